The Bertz CT molecular complexity index is 1180. The highest BCUT2D eigenvalue weighted by molar-refractivity contribution is 6.10. The van der Waals surface area contributed by atoms with Crippen molar-refractivity contribution in [2.24, 2.45) is 0 Å². The Balaban J connectivity index is 1.68. The zero-order chi connectivity index (χ0) is 22.1. The Morgan fingerprint density at radius 2 is 1.68 bits per heavy atom. The van der Waals surface area contributed by atoms with Gasteiger partial charge in [-0.25, -0.2) is 0 Å². The molecule has 0 bridgehead atoms. The predicted octanol–water partition coefficient (Wildman–Crippen LogP) is 3.79. The largest absolute Gasteiger partial charge is 0.486 e. The molecular weight excluding hydrogens is 394 g/mol. The van der Waals surface area contributed by atoms with Gasteiger partial charge in [0, 0.05) is 30.2 Å². The number of aromatic nitrogens is 1. The molecule has 7 heteroatoms. The van der Waals surface area contributed by atoms with Gasteiger partial charge in [-0.1, -0.05) is 12.1 Å². The van der Waals surface area contributed by atoms with Crippen LogP contribution in [0.2, 0.25) is 0 Å². The van der Waals surface area contributed by atoms with Crippen LogP contribution in [0.3, 0.4) is 0 Å². The number of fused-ring (bicyclic) bond motifs is 1. The van der Waals surface area contributed by atoms with E-state index in [9.17, 15) is 9.59 Å². The number of hydrogen-bond donors (Lipinski definition) is 2. The van der Waals surface area contributed by atoms with Gasteiger partial charge in [-0.3, -0.25) is 9.59 Å². The number of anilines is 1. The van der Waals surface area contributed by atoms with E-state index in [1.807, 2.05) is 61.7 Å². The third-order valence-electron chi connectivity index (χ3n) is 5.43. The van der Waals surface area contributed by atoms with Gasteiger partial charge in [0.1, 0.15) is 13.2 Å². The Morgan fingerprint density at radius 1 is 0.935 bits per heavy atom. The molecule has 2 heterocycles. The van der Waals surface area contributed by atoms with Crippen molar-refractivity contribution in [3.05, 3.63) is 70.5 Å². The van der Waals surface area contributed by atoms with Crippen LogP contribution in [-0.2, 0) is 0 Å². The lowest BCUT2D eigenvalue weighted by atomic mass is 10.1. The summed E-state index contributed by atoms with van der Waals surface area (Å²) < 4.78 is 13.3. The van der Waals surface area contributed by atoms with E-state index in [4.69, 9.17) is 9.47 Å². The van der Waals surface area contributed by atoms with Gasteiger partial charge in [-0.15, -0.1) is 0 Å². The molecule has 4 rings (SSSR count). The number of nitrogens with zero attached hydrogens (tertiary/aromatic N) is 1. The number of amides is 2. The summed E-state index contributed by atoms with van der Waals surface area (Å²) in [4.78, 5) is 25.5. The number of aryl methyl sites for hydroxylation is 2. The molecule has 0 aliphatic carbocycles. The molecule has 0 fully saturated rings. The van der Waals surface area contributed by atoms with Gasteiger partial charge < -0.3 is 24.7 Å². The summed E-state index contributed by atoms with van der Waals surface area (Å²) in [5.74, 6) is 0.900. The molecule has 2 amide bonds. The Morgan fingerprint density at radius 3 is 2.42 bits per heavy atom. The lowest BCUT2D eigenvalue weighted by Gasteiger charge is -2.20. The lowest BCUT2D eigenvalue weighted by molar-refractivity contribution is 0.0963. The molecule has 1 aliphatic heterocycles. The van der Waals surface area contributed by atoms with E-state index in [0.717, 1.165) is 28.4 Å². The van der Waals surface area contributed by atoms with Crippen molar-refractivity contribution in [3.8, 4) is 17.2 Å². The zero-order valence-electron chi connectivity index (χ0n) is 18.0. The number of ether oxygens (including phenoxy) is 2. The number of rotatable bonds is 4. The predicted molar refractivity (Wildman–Crippen MR) is 119 cm³/mol. The van der Waals surface area contributed by atoms with E-state index in [1.54, 1.807) is 13.1 Å². The number of carbonyl (C=O) groups is 2. The van der Waals surface area contributed by atoms with Gasteiger partial charge in [0.15, 0.2) is 11.5 Å². The summed E-state index contributed by atoms with van der Waals surface area (Å²) in [7, 11) is 1.57. The molecular formula is C24H25N3O4. The van der Waals surface area contributed by atoms with Gasteiger partial charge in [0.05, 0.1) is 16.8 Å². The van der Waals surface area contributed by atoms with Crippen LogP contribution in [-0.4, -0.2) is 36.6 Å². The molecule has 0 spiro atoms. The second-order valence-electron chi connectivity index (χ2n) is 7.48. The molecule has 0 unspecified atom stereocenters. The maximum atomic E-state index is 13.1. The highest BCUT2D eigenvalue weighted by Gasteiger charge is 2.21. The van der Waals surface area contributed by atoms with Gasteiger partial charge in [-0.05, 0) is 50.6 Å². The summed E-state index contributed by atoms with van der Waals surface area (Å²) in [5, 5.41) is 5.54. The first kappa shape index (κ1) is 20.5. The third-order valence-corrected chi connectivity index (χ3v) is 5.43. The third kappa shape index (κ3) is 3.74. The minimum absolute atomic E-state index is 0.241. The highest BCUT2D eigenvalue weighted by atomic mass is 16.6. The molecule has 31 heavy (non-hydrogen) atoms. The molecule has 1 aliphatic rings. The molecule has 0 saturated carbocycles. The summed E-state index contributed by atoms with van der Waals surface area (Å²) in [5.41, 5.74) is 4.86. The van der Waals surface area contributed by atoms with Gasteiger partial charge in [0.25, 0.3) is 11.8 Å². The monoisotopic (exact) mass is 419 g/mol. The molecule has 0 saturated heterocycles. The first-order valence-corrected chi connectivity index (χ1v) is 10.1. The minimum atomic E-state index is -0.271. The summed E-state index contributed by atoms with van der Waals surface area (Å²) in [6.07, 6.45) is 0. The first-order valence-electron chi connectivity index (χ1n) is 10.1. The van der Waals surface area contributed by atoms with Crippen LogP contribution in [0.5, 0.6) is 11.5 Å². The molecule has 3 aromatic rings. The van der Waals surface area contributed by atoms with Crippen LogP contribution >= 0.6 is 0 Å². The van der Waals surface area contributed by atoms with Crippen molar-refractivity contribution in [1.82, 2.24) is 9.88 Å². The highest BCUT2D eigenvalue weighted by Crippen LogP contribution is 2.33. The molecule has 0 atom stereocenters. The summed E-state index contributed by atoms with van der Waals surface area (Å²) >= 11 is 0. The molecule has 160 valence electrons. The normalized spacial score (nSPS) is 12.4. The Hall–Kier alpha value is -3.74. The molecule has 7 nitrogen and oxygen atoms in total. The van der Waals surface area contributed by atoms with E-state index in [2.05, 4.69) is 10.6 Å². The van der Waals surface area contributed by atoms with Crippen molar-refractivity contribution in [2.45, 2.75) is 20.8 Å². The van der Waals surface area contributed by atoms with E-state index in [-0.39, 0.29) is 11.8 Å². The SMILES string of the molecule is CNC(=O)c1c(C)cccc1NC(=O)c1cc(C)n(-c2ccc3c(c2)OCCO3)c1C. The Labute approximate surface area is 181 Å². The van der Waals surface area contributed by atoms with Crippen molar-refractivity contribution in [1.29, 1.82) is 0 Å². The number of hydrogen-bond acceptors (Lipinski definition) is 4. The van der Waals surface area contributed by atoms with Crippen LogP contribution in [0.1, 0.15) is 37.7 Å². The van der Waals surface area contributed by atoms with Crippen molar-refractivity contribution in [3.63, 3.8) is 0 Å². The fourth-order valence-corrected chi connectivity index (χ4v) is 3.95. The van der Waals surface area contributed by atoms with Crippen molar-refractivity contribution in [2.75, 3.05) is 25.6 Å². The van der Waals surface area contributed by atoms with Gasteiger partial charge in [-0.2, -0.15) is 0 Å². The fourth-order valence-electron chi connectivity index (χ4n) is 3.95. The van der Waals surface area contributed by atoms with Crippen LogP contribution in [0, 0.1) is 20.8 Å². The average Bonchev–Trinajstić information content (AvgIpc) is 3.07. The molecule has 0 radical (unpaired) electrons. The van der Waals surface area contributed by atoms with Crippen LogP contribution in [0.4, 0.5) is 5.69 Å². The zero-order valence-corrected chi connectivity index (χ0v) is 18.0. The molecule has 2 aromatic carbocycles. The standard InChI is InChI=1S/C24H25N3O4/c1-14-6-5-7-19(22(14)24(29)25-4)26-23(28)18-12-15(2)27(16(18)3)17-8-9-20-21(13-17)31-11-10-30-20/h5-9,12-13H,10-11H2,1-4H3,(H,25,29)(H,26,28). The smallest absolute Gasteiger partial charge is 0.257 e. The van der Waals surface area contributed by atoms with Crippen LogP contribution in [0.15, 0.2) is 42.5 Å². The van der Waals surface area contributed by atoms with E-state index in [0.29, 0.717) is 35.8 Å². The number of benzene rings is 2. The van der Waals surface area contributed by atoms with E-state index in [1.165, 1.54) is 0 Å². The van der Waals surface area contributed by atoms with E-state index < -0.39 is 0 Å². The first-order chi connectivity index (χ1) is 14.9. The second-order valence-corrected chi connectivity index (χ2v) is 7.48. The molecule has 1 aromatic heterocycles. The summed E-state index contributed by atoms with van der Waals surface area (Å²) in [6, 6.07) is 13.0. The number of carbonyl (C=O) groups excluding carboxylic acids is 2. The summed E-state index contributed by atoms with van der Waals surface area (Å²) in [6.45, 7) is 6.74. The number of nitrogens with one attached hydrogen (secondary N) is 2. The fraction of sp³-hybridized carbons (Fsp3) is 0.250. The Kier molecular flexibility index (Phi) is 5.42. The minimum Gasteiger partial charge on any atom is -0.486 e. The van der Waals surface area contributed by atoms with Gasteiger partial charge >= 0.3 is 0 Å². The van der Waals surface area contributed by atoms with Gasteiger partial charge in [0.2, 0.25) is 0 Å². The van der Waals surface area contributed by atoms with Crippen molar-refractivity contribution >= 4 is 17.5 Å². The maximum absolute atomic E-state index is 13.1. The van der Waals surface area contributed by atoms with Crippen LogP contribution < -0.4 is 20.1 Å². The van der Waals surface area contributed by atoms with Crippen LogP contribution in [0.25, 0.3) is 5.69 Å². The quantitative estimate of drug-likeness (QED) is 0.674. The molecule has 2 N–H and O–H groups in total. The average molecular weight is 419 g/mol. The topological polar surface area (TPSA) is 81.6 Å². The maximum Gasteiger partial charge on any atom is 0.257 e. The lowest BCUT2D eigenvalue weighted by Crippen LogP contribution is -2.22. The van der Waals surface area contributed by atoms with E-state index >= 15 is 0 Å². The second kappa shape index (κ2) is 8.18. The van der Waals surface area contributed by atoms with Crippen molar-refractivity contribution < 1.29 is 19.1 Å².